The highest BCUT2D eigenvalue weighted by molar-refractivity contribution is 6.01. The summed E-state index contributed by atoms with van der Waals surface area (Å²) in [5.74, 6) is 0. The van der Waals surface area contributed by atoms with E-state index in [-0.39, 0.29) is 12.1 Å². The molecule has 9 heteroatoms. The number of rotatable bonds is 7. The zero-order valence-electron chi connectivity index (χ0n) is 23.2. The van der Waals surface area contributed by atoms with Crippen molar-refractivity contribution in [3.05, 3.63) is 102 Å². The lowest BCUT2D eigenvalue weighted by atomic mass is 9.80. The van der Waals surface area contributed by atoms with Crippen LogP contribution in [0.4, 0.5) is 29.3 Å². The highest BCUT2D eigenvalue weighted by atomic mass is 19.4. The molecule has 0 bridgehead atoms. The molecular weight excluding hydrogens is 527 g/mol. The number of amides is 2. The lowest BCUT2D eigenvalue weighted by molar-refractivity contribution is -0.137. The number of carbonyl (C=O) groups excluding carboxylic acids is 1. The zero-order chi connectivity index (χ0) is 29.0. The predicted octanol–water partition coefficient (Wildman–Crippen LogP) is 6.72. The molecule has 1 aromatic heterocycles. The summed E-state index contributed by atoms with van der Waals surface area (Å²) in [6.07, 6.45) is 1.39. The van der Waals surface area contributed by atoms with Crippen LogP contribution in [0.5, 0.6) is 0 Å². The first-order valence-corrected chi connectivity index (χ1v) is 13.7. The van der Waals surface area contributed by atoms with Crippen LogP contribution in [0.25, 0.3) is 10.8 Å². The molecule has 2 heterocycles. The minimum atomic E-state index is -4.46. The van der Waals surface area contributed by atoms with E-state index in [9.17, 15) is 18.0 Å². The average Bonchev–Trinajstić information content (AvgIpc) is 2.96. The molecule has 1 fully saturated rings. The van der Waals surface area contributed by atoms with Crippen molar-refractivity contribution >= 4 is 28.2 Å². The van der Waals surface area contributed by atoms with E-state index in [1.165, 1.54) is 17.7 Å². The molecule has 5 rings (SSSR count). The first-order valence-electron chi connectivity index (χ1n) is 13.7. The molecule has 3 aromatic carbocycles. The van der Waals surface area contributed by atoms with Gasteiger partial charge in [0.05, 0.1) is 11.3 Å². The summed E-state index contributed by atoms with van der Waals surface area (Å²) in [5, 5.41) is 7.43. The van der Waals surface area contributed by atoms with Gasteiger partial charge < -0.3 is 20.4 Å². The standard InChI is InChI=1S/C32H34F3N5O/c1-39(2)31(20-23-7-4-3-5-8-23)14-17-40(18-15-31)29-19-26(32(33,34)35)12-11-25(29)22-37-30(41)38-28-10-6-9-24-21-36-16-13-27(24)28/h3-13,16,19,21H,14-15,17-18,20,22H2,1-2H3,(H2,37,38,41). The molecule has 6 nitrogen and oxygen atoms in total. The van der Waals surface area contributed by atoms with E-state index in [0.717, 1.165) is 36.1 Å². The molecule has 2 N–H and O–H groups in total. The molecule has 4 aromatic rings. The third-order valence-corrected chi connectivity index (χ3v) is 8.14. The summed E-state index contributed by atoms with van der Waals surface area (Å²) < 4.78 is 41.1. The smallest absolute Gasteiger partial charge is 0.371 e. The second kappa shape index (κ2) is 11.8. The van der Waals surface area contributed by atoms with Gasteiger partial charge in [-0.05, 0) is 68.8 Å². The summed E-state index contributed by atoms with van der Waals surface area (Å²) in [7, 11) is 4.15. The first-order chi connectivity index (χ1) is 19.6. The maximum atomic E-state index is 13.7. The Balaban J connectivity index is 1.33. The molecule has 0 atom stereocenters. The predicted molar refractivity (Wildman–Crippen MR) is 157 cm³/mol. The highest BCUT2D eigenvalue weighted by Gasteiger charge is 2.38. The maximum absolute atomic E-state index is 13.7. The van der Waals surface area contributed by atoms with E-state index in [1.807, 2.05) is 41.3 Å². The van der Waals surface area contributed by atoms with E-state index in [1.54, 1.807) is 18.5 Å². The van der Waals surface area contributed by atoms with Crippen molar-refractivity contribution in [3.63, 3.8) is 0 Å². The number of nitrogens with zero attached hydrogens (tertiary/aromatic N) is 3. The Morgan fingerprint density at radius 1 is 1.00 bits per heavy atom. The van der Waals surface area contributed by atoms with Crippen LogP contribution < -0.4 is 15.5 Å². The normalized spacial score (nSPS) is 15.2. The third kappa shape index (κ3) is 6.46. The fraction of sp³-hybridized carbons (Fsp3) is 0.312. The van der Waals surface area contributed by atoms with E-state index in [4.69, 9.17) is 0 Å². The molecule has 1 saturated heterocycles. The van der Waals surface area contributed by atoms with Gasteiger partial charge in [0.1, 0.15) is 0 Å². The number of pyridine rings is 1. The molecule has 0 aliphatic carbocycles. The number of likely N-dealkylation sites (N-methyl/N-ethyl adjacent to an activating group) is 1. The Kier molecular flexibility index (Phi) is 8.17. The summed E-state index contributed by atoms with van der Waals surface area (Å²) in [6, 6.07) is 21.0. The number of benzene rings is 3. The summed E-state index contributed by atoms with van der Waals surface area (Å²) in [6.45, 7) is 1.30. The largest absolute Gasteiger partial charge is 0.416 e. The van der Waals surface area contributed by atoms with Gasteiger partial charge >= 0.3 is 12.2 Å². The van der Waals surface area contributed by atoms with Crippen molar-refractivity contribution in [2.24, 2.45) is 0 Å². The minimum Gasteiger partial charge on any atom is -0.371 e. The fourth-order valence-electron chi connectivity index (χ4n) is 5.68. The number of carbonyl (C=O) groups is 1. The maximum Gasteiger partial charge on any atom is 0.416 e. The number of nitrogens with one attached hydrogen (secondary N) is 2. The van der Waals surface area contributed by atoms with Crippen LogP contribution in [-0.4, -0.2) is 48.6 Å². The lowest BCUT2D eigenvalue weighted by Crippen LogP contribution is -2.54. The van der Waals surface area contributed by atoms with E-state index in [0.29, 0.717) is 30.0 Å². The highest BCUT2D eigenvalue weighted by Crippen LogP contribution is 2.37. The first kappa shape index (κ1) is 28.4. The number of piperidine rings is 1. The van der Waals surface area contributed by atoms with Crippen molar-refractivity contribution in [2.75, 3.05) is 37.4 Å². The van der Waals surface area contributed by atoms with Gasteiger partial charge in [-0.3, -0.25) is 4.98 Å². The van der Waals surface area contributed by atoms with Crippen molar-refractivity contribution in [1.29, 1.82) is 0 Å². The van der Waals surface area contributed by atoms with Crippen molar-refractivity contribution in [2.45, 2.75) is 37.5 Å². The minimum absolute atomic E-state index is 0.0883. The molecule has 0 spiro atoms. The quantitative estimate of drug-likeness (QED) is 0.263. The van der Waals surface area contributed by atoms with Crippen LogP contribution in [0, 0.1) is 0 Å². The van der Waals surface area contributed by atoms with Crippen LogP contribution in [0.3, 0.4) is 0 Å². The van der Waals surface area contributed by atoms with Gasteiger partial charge in [-0.25, -0.2) is 4.79 Å². The molecule has 0 saturated carbocycles. The molecule has 214 valence electrons. The summed E-state index contributed by atoms with van der Waals surface area (Å²) >= 11 is 0. The Morgan fingerprint density at radius 3 is 2.46 bits per heavy atom. The second-order valence-corrected chi connectivity index (χ2v) is 10.8. The van der Waals surface area contributed by atoms with Crippen molar-refractivity contribution in [1.82, 2.24) is 15.2 Å². The van der Waals surface area contributed by atoms with E-state index in [2.05, 4.69) is 46.7 Å². The van der Waals surface area contributed by atoms with Gasteiger partial charge in [-0.1, -0.05) is 48.5 Å². The molecule has 41 heavy (non-hydrogen) atoms. The van der Waals surface area contributed by atoms with Crippen LogP contribution >= 0.6 is 0 Å². The number of fused-ring (bicyclic) bond motifs is 1. The van der Waals surface area contributed by atoms with Gasteiger partial charge in [0.15, 0.2) is 0 Å². The molecular formula is C32H34F3N5O. The third-order valence-electron chi connectivity index (χ3n) is 8.14. The topological polar surface area (TPSA) is 60.5 Å². The molecule has 0 radical (unpaired) electrons. The Morgan fingerprint density at radius 2 is 1.76 bits per heavy atom. The fourth-order valence-corrected chi connectivity index (χ4v) is 5.68. The van der Waals surface area contributed by atoms with Gasteiger partial charge in [0.25, 0.3) is 0 Å². The summed E-state index contributed by atoms with van der Waals surface area (Å²) in [5.41, 5.74) is 2.22. The van der Waals surface area contributed by atoms with Crippen LogP contribution in [0.1, 0.15) is 29.5 Å². The number of hydrogen-bond donors (Lipinski definition) is 2. The number of hydrogen-bond acceptors (Lipinski definition) is 4. The Hall–Kier alpha value is -4.11. The van der Waals surface area contributed by atoms with Crippen LogP contribution in [0.2, 0.25) is 0 Å². The monoisotopic (exact) mass is 561 g/mol. The van der Waals surface area contributed by atoms with E-state index < -0.39 is 17.8 Å². The number of aromatic nitrogens is 1. The zero-order valence-corrected chi connectivity index (χ0v) is 23.2. The Labute approximate surface area is 238 Å². The van der Waals surface area contributed by atoms with Crippen LogP contribution in [0.15, 0.2) is 85.2 Å². The average molecular weight is 562 g/mol. The van der Waals surface area contributed by atoms with Crippen LogP contribution in [-0.2, 0) is 19.1 Å². The SMILES string of the molecule is CN(C)C1(Cc2ccccc2)CCN(c2cc(C(F)(F)F)ccc2CNC(=O)Nc2cccc3cnccc23)CC1. The van der Waals surface area contributed by atoms with Gasteiger partial charge in [0.2, 0.25) is 0 Å². The Bertz CT molecular complexity index is 1490. The van der Waals surface area contributed by atoms with Gasteiger partial charge in [-0.15, -0.1) is 0 Å². The lowest BCUT2D eigenvalue weighted by Gasteiger charge is -2.47. The number of urea groups is 1. The van der Waals surface area contributed by atoms with E-state index >= 15 is 0 Å². The molecule has 1 aliphatic rings. The number of anilines is 2. The number of halogens is 3. The van der Waals surface area contributed by atoms with Crippen molar-refractivity contribution < 1.29 is 18.0 Å². The number of alkyl halides is 3. The van der Waals surface area contributed by atoms with Gasteiger partial charge in [0, 0.05) is 54.0 Å². The second-order valence-electron chi connectivity index (χ2n) is 10.8. The molecule has 1 aliphatic heterocycles. The van der Waals surface area contributed by atoms with Crippen molar-refractivity contribution in [3.8, 4) is 0 Å². The summed E-state index contributed by atoms with van der Waals surface area (Å²) in [4.78, 5) is 21.2. The molecule has 2 amide bonds. The molecule has 0 unspecified atom stereocenters. The van der Waals surface area contributed by atoms with Gasteiger partial charge in [-0.2, -0.15) is 13.2 Å².